The molecule has 0 saturated heterocycles. The topological polar surface area (TPSA) is 32.7 Å². The van der Waals surface area contributed by atoms with Crippen LogP contribution < -0.4 is 9.64 Å². The number of hydrogen-bond acceptors (Lipinski definition) is 3. The second kappa shape index (κ2) is 11.5. The molecule has 0 unspecified atom stereocenters. The first kappa shape index (κ1) is 31.6. The molecule has 1 atom stereocenters. The van der Waals surface area contributed by atoms with Crippen LogP contribution in [0, 0.1) is 0 Å². The molecule has 40 heavy (non-hydrogen) atoms. The van der Waals surface area contributed by atoms with E-state index in [9.17, 15) is 49.0 Å². The van der Waals surface area contributed by atoms with Crippen LogP contribution in [0.1, 0.15) is 11.1 Å². The molecule has 0 heterocycles. The number of rotatable bonds is 9. The molecule has 3 nitrogen and oxygen atoms in total. The van der Waals surface area contributed by atoms with Crippen molar-refractivity contribution in [3.8, 4) is 11.5 Å². The van der Waals surface area contributed by atoms with Gasteiger partial charge < -0.3 is 14.7 Å². The minimum Gasteiger partial charge on any atom is -0.456 e. The molecule has 0 fully saturated rings. The monoisotopic (exact) mass is 623 g/mol. The highest BCUT2D eigenvalue weighted by molar-refractivity contribution is 6.42. The molecule has 3 rings (SSSR count). The summed E-state index contributed by atoms with van der Waals surface area (Å²) in [7, 11) is 0. The third-order valence-electron chi connectivity index (χ3n) is 5.51. The van der Waals surface area contributed by atoms with Gasteiger partial charge in [-0.3, -0.25) is 0 Å². The molecule has 3 aromatic carbocycles. The van der Waals surface area contributed by atoms with Gasteiger partial charge in [-0.25, -0.2) is 0 Å². The number of halogens is 12. The van der Waals surface area contributed by atoms with E-state index in [-0.39, 0.29) is 32.8 Å². The summed E-state index contributed by atoms with van der Waals surface area (Å²) >= 11 is 12.0. The SMILES string of the molecule is O[C@H](CN(Cc1cccc(C(F)(F)C(F)(F)C(F)(F)F)c1)c1cccc(Oc2cccc(Cl)c2Cl)c1)C(F)(F)F. The number of aliphatic hydroxyl groups excluding tert-OH is 1. The van der Waals surface area contributed by atoms with Gasteiger partial charge in [-0.05, 0) is 35.9 Å². The fourth-order valence-corrected chi connectivity index (χ4v) is 3.78. The Hall–Kier alpha value is -2.90. The number of anilines is 1. The van der Waals surface area contributed by atoms with E-state index in [1.165, 1.54) is 42.5 Å². The minimum atomic E-state index is -6.58. The lowest BCUT2D eigenvalue weighted by atomic mass is 9.99. The average molecular weight is 624 g/mol. The van der Waals surface area contributed by atoms with Crippen molar-refractivity contribution in [3.05, 3.63) is 87.9 Å². The Bertz CT molecular complexity index is 1330. The van der Waals surface area contributed by atoms with Crippen molar-refractivity contribution in [1.82, 2.24) is 0 Å². The summed E-state index contributed by atoms with van der Waals surface area (Å²) in [5, 5.41) is 9.83. The van der Waals surface area contributed by atoms with E-state index in [0.29, 0.717) is 12.1 Å². The van der Waals surface area contributed by atoms with Crippen LogP contribution in [0.5, 0.6) is 11.5 Å². The number of alkyl halides is 10. The Balaban J connectivity index is 1.98. The predicted octanol–water partition coefficient (Wildman–Crippen LogP) is 9.00. The van der Waals surface area contributed by atoms with E-state index in [0.717, 1.165) is 17.0 Å². The summed E-state index contributed by atoms with van der Waals surface area (Å²) in [6.45, 7) is -1.87. The molecule has 0 aliphatic rings. The number of ether oxygens (including phenoxy) is 1. The number of aliphatic hydroxyl groups is 1. The van der Waals surface area contributed by atoms with Crippen LogP contribution in [0.15, 0.2) is 66.7 Å². The van der Waals surface area contributed by atoms with Crippen LogP contribution >= 0.6 is 23.2 Å². The van der Waals surface area contributed by atoms with E-state index in [1.807, 2.05) is 0 Å². The van der Waals surface area contributed by atoms with Gasteiger partial charge in [-0.2, -0.15) is 43.9 Å². The van der Waals surface area contributed by atoms with E-state index < -0.39 is 49.0 Å². The lowest BCUT2D eigenvalue weighted by Gasteiger charge is -2.30. The Labute approximate surface area is 230 Å². The highest BCUT2D eigenvalue weighted by Crippen LogP contribution is 2.51. The van der Waals surface area contributed by atoms with Crippen LogP contribution in [-0.4, -0.2) is 36.0 Å². The lowest BCUT2D eigenvalue weighted by molar-refractivity contribution is -0.359. The molecule has 0 bridgehead atoms. The fraction of sp³-hybridized carbons (Fsp3) is 0.280. The van der Waals surface area contributed by atoms with Gasteiger partial charge in [0, 0.05) is 23.9 Å². The number of nitrogens with zero attached hydrogens (tertiary/aromatic N) is 1. The fourth-order valence-electron chi connectivity index (χ4n) is 3.45. The van der Waals surface area contributed by atoms with Crippen molar-refractivity contribution in [1.29, 1.82) is 0 Å². The van der Waals surface area contributed by atoms with E-state index in [2.05, 4.69) is 0 Å². The molecule has 0 spiro atoms. The predicted molar refractivity (Wildman–Crippen MR) is 127 cm³/mol. The average Bonchev–Trinajstić information content (AvgIpc) is 2.85. The zero-order chi connectivity index (χ0) is 30.1. The van der Waals surface area contributed by atoms with Gasteiger partial charge in [0.15, 0.2) is 6.10 Å². The summed E-state index contributed by atoms with van der Waals surface area (Å²) in [6, 6.07) is 12.1. The molecular formula is C25H17Cl2F10NO2. The standard InChI is InChI=1S/C25H17Cl2F10NO2/c26-18-8-3-9-19(21(18)27)40-17-7-2-6-16(11-17)38(13-20(39)23(30,31)32)12-14-4-1-5-15(10-14)22(28,29)24(33,34)25(35,36)37/h1-11,20,39H,12-13H2/t20-/m1/s1. The van der Waals surface area contributed by atoms with Crippen LogP contribution in [0.25, 0.3) is 0 Å². The Kier molecular flexibility index (Phi) is 9.12. The van der Waals surface area contributed by atoms with Gasteiger partial charge in [0.1, 0.15) is 16.5 Å². The van der Waals surface area contributed by atoms with E-state index in [1.54, 1.807) is 0 Å². The Morgan fingerprint density at radius 3 is 2.05 bits per heavy atom. The third-order valence-corrected chi connectivity index (χ3v) is 6.31. The van der Waals surface area contributed by atoms with Crippen LogP contribution in [0.2, 0.25) is 10.0 Å². The highest BCUT2D eigenvalue weighted by Gasteiger charge is 2.73. The van der Waals surface area contributed by atoms with Gasteiger partial charge in [-0.15, -0.1) is 0 Å². The van der Waals surface area contributed by atoms with Gasteiger partial charge in [0.05, 0.1) is 11.6 Å². The van der Waals surface area contributed by atoms with Gasteiger partial charge in [0.25, 0.3) is 0 Å². The Morgan fingerprint density at radius 2 is 1.43 bits per heavy atom. The van der Waals surface area contributed by atoms with Crippen molar-refractivity contribution in [2.75, 3.05) is 11.4 Å². The molecule has 3 aromatic rings. The molecule has 218 valence electrons. The summed E-state index contributed by atoms with van der Waals surface area (Å²) in [4.78, 5) is 0.851. The Morgan fingerprint density at radius 1 is 0.800 bits per heavy atom. The highest BCUT2D eigenvalue weighted by atomic mass is 35.5. The van der Waals surface area contributed by atoms with Crippen molar-refractivity contribution in [2.45, 2.75) is 36.8 Å². The van der Waals surface area contributed by atoms with Gasteiger partial charge in [0.2, 0.25) is 0 Å². The van der Waals surface area contributed by atoms with Crippen LogP contribution in [-0.2, 0) is 12.5 Å². The van der Waals surface area contributed by atoms with Crippen molar-refractivity contribution in [2.24, 2.45) is 0 Å². The number of benzene rings is 3. The quantitative estimate of drug-likeness (QED) is 0.241. The molecule has 0 aliphatic heterocycles. The first-order chi connectivity index (χ1) is 18.3. The molecule has 1 N–H and O–H groups in total. The van der Waals surface area contributed by atoms with E-state index >= 15 is 0 Å². The van der Waals surface area contributed by atoms with Gasteiger partial charge in [-0.1, -0.05) is 53.5 Å². The smallest absolute Gasteiger partial charge is 0.456 e. The van der Waals surface area contributed by atoms with Gasteiger partial charge >= 0.3 is 24.2 Å². The molecule has 15 heteroatoms. The minimum absolute atomic E-state index is 0.0207. The summed E-state index contributed by atoms with van der Waals surface area (Å²) in [5.74, 6) is -12.0. The van der Waals surface area contributed by atoms with Crippen LogP contribution in [0.4, 0.5) is 49.6 Å². The summed E-state index contributed by atoms with van der Waals surface area (Å²) < 4.78 is 139. The first-order valence-electron chi connectivity index (χ1n) is 11.0. The molecule has 0 saturated carbocycles. The number of hydrogen-bond donors (Lipinski definition) is 1. The van der Waals surface area contributed by atoms with Crippen LogP contribution in [0.3, 0.4) is 0 Å². The maximum atomic E-state index is 14.2. The normalized spacial score (nSPS) is 13.7. The molecule has 0 aromatic heterocycles. The summed E-state index contributed by atoms with van der Waals surface area (Å²) in [5.41, 5.74) is -2.12. The second-order valence-corrected chi connectivity index (χ2v) is 9.22. The molecule has 0 radical (unpaired) electrons. The first-order valence-corrected chi connectivity index (χ1v) is 11.7. The zero-order valence-corrected chi connectivity index (χ0v) is 21.2. The summed E-state index contributed by atoms with van der Waals surface area (Å²) in [6.07, 6.45) is -14.6. The molecule has 0 amide bonds. The van der Waals surface area contributed by atoms with Crippen molar-refractivity contribution in [3.63, 3.8) is 0 Å². The molecular weight excluding hydrogens is 607 g/mol. The maximum Gasteiger partial charge on any atom is 0.460 e. The van der Waals surface area contributed by atoms with E-state index in [4.69, 9.17) is 27.9 Å². The molecule has 0 aliphatic carbocycles. The second-order valence-electron chi connectivity index (χ2n) is 8.44. The van der Waals surface area contributed by atoms with Crippen molar-refractivity contribution >= 4 is 28.9 Å². The maximum absolute atomic E-state index is 14.2. The van der Waals surface area contributed by atoms with Crippen molar-refractivity contribution < 1.29 is 53.7 Å². The largest absolute Gasteiger partial charge is 0.460 e. The third kappa shape index (κ3) is 6.87. The zero-order valence-electron chi connectivity index (χ0n) is 19.7. The lowest BCUT2D eigenvalue weighted by Crippen LogP contribution is -2.50.